The molecule has 0 radical (unpaired) electrons. The number of fused-ring (bicyclic) bond motifs is 1. The summed E-state index contributed by atoms with van der Waals surface area (Å²) >= 11 is 0. The predicted molar refractivity (Wildman–Crippen MR) is 93.8 cm³/mol. The average molecular weight is 304 g/mol. The molecule has 0 N–H and O–H groups in total. The molecule has 0 saturated heterocycles. The minimum Gasteiger partial charge on any atom is -0.488 e. The first-order chi connectivity index (χ1) is 11.1. The second kappa shape index (κ2) is 6.22. The molecule has 0 unspecified atom stereocenters. The number of furan rings is 1. The fourth-order valence-corrected chi connectivity index (χ4v) is 2.71. The fraction of sp³-hybridized carbons (Fsp3) is 0.238. The van der Waals surface area contributed by atoms with Crippen molar-refractivity contribution in [2.75, 3.05) is 0 Å². The molecule has 0 amide bonds. The molecule has 2 heteroatoms. The van der Waals surface area contributed by atoms with Crippen LogP contribution < -0.4 is 4.74 Å². The summed E-state index contributed by atoms with van der Waals surface area (Å²) < 4.78 is 11.9. The van der Waals surface area contributed by atoms with Crippen LogP contribution in [0.2, 0.25) is 0 Å². The van der Waals surface area contributed by atoms with Crippen LogP contribution in [0.4, 0.5) is 0 Å². The summed E-state index contributed by atoms with van der Waals surface area (Å²) in [6.07, 6.45) is 0. The quantitative estimate of drug-likeness (QED) is 0.612. The van der Waals surface area contributed by atoms with Crippen LogP contribution in [-0.2, 0) is 6.61 Å². The zero-order valence-electron chi connectivity index (χ0n) is 14.0. The zero-order chi connectivity index (χ0) is 16.4. The maximum atomic E-state index is 6.05. The normalized spacial score (nSPS) is 10.4. The summed E-state index contributed by atoms with van der Waals surface area (Å²) in [4.78, 5) is 0. The lowest BCUT2D eigenvalue weighted by Crippen LogP contribution is -1.99. The van der Waals surface area contributed by atoms with Crippen LogP contribution in [0.25, 0.3) is 11.0 Å². The lowest BCUT2D eigenvalue weighted by molar-refractivity contribution is 0.303. The molecule has 0 aliphatic carbocycles. The van der Waals surface area contributed by atoms with Crippen LogP contribution in [0.3, 0.4) is 0 Å². The minimum atomic E-state index is 0.465. The third-order valence-electron chi connectivity index (χ3n) is 4.02. The van der Waals surface area contributed by atoms with Gasteiger partial charge >= 0.3 is 0 Å². The van der Waals surface area contributed by atoms with Crippen LogP contribution in [0.15, 0.2) is 40.8 Å². The van der Waals surface area contributed by atoms with Crippen molar-refractivity contribution < 1.29 is 9.15 Å². The summed E-state index contributed by atoms with van der Waals surface area (Å²) in [5, 5.41) is 1.07. The van der Waals surface area contributed by atoms with E-state index in [0.29, 0.717) is 6.61 Å². The lowest BCUT2D eigenvalue weighted by Gasteiger charge is -2.11. The Morgan fingerprint density at radius 3 is 2.70 bits per heavy atom. The van der Waals surface area contributed by atoms with Gasteiger partial charge in [-0.05, 0) is 63.1 Å². The fourth-order valence-electron chi connectivity index (χ4n) is 2.71. The molecule has 0 atom stereocenters. The highest BCUT2D eigenvalue weighted by Crippen LogP contribution is 2.27. The van der Waals surface area contributed by atoms with Gasteiger partial charge in [0.2, 0.25) is 0 Å². The van der Waals surface area contributed by atoms with Crippen molar-refractivity contribution >= 4 is 11.0 Å². The van der Waals surface area contributed by atoms with Crippen molar-refractivity contribution in [1.29, 1.82) is 0 Å². The molecule has 1 aromatic heterocycles. The van der Waals surface area contributed by atoms with Gasteiger partial charge < -0.3 is 9.15 Å². The predicted octanol–water partition coefficient (Wildman–Crippen LogP) is 5.31. The number of rotatable bonds is 3. The number of benzene rings is 2. The molecule has 0 aliphatic heterocycles. The molecule has 2 nitrogen and oxygen atoms in total. The van der Waals surface area contributed by atoms with Gasteiger partial charge in [0.25, 0.3) is 0 Å². The van der Waals surface area contributed by atoms with Crippen LogP contribution >= 0.6 is 0 Å². The SMILES string of the molecule is CC#Cc1cc(COc2cccc(C)c2C)c2oc(C)cc2c1. The maximum absolute atomic E-state index is 6.05. The summed E-state index contributed by atoms with van der Waals surface area (Å²) in [5.41, 5.74) is 5.29. The first kappa shape index (κ1) is 15.2. The third-order valence-corrected chi connectivity index (χ3v) is 4.02. The highest BCUT2D eigenvalue weighted by atomic mass is 16.5. The second-order valence-electron chi connectivity index (χ2n) is 5.77. The molecule has 23 heavy (non-hydrogen) atoms. The molecular formula is C21H20O2. The van der Waals surface area contributed by atoms with E-state index in [0.717, 1.165) is 33.6 Å². The molecule has 1 heterocycles. The molecule has 3 aromatic rings. The summed E-state index contributed by atoms with van der Waals surface area (Å²) in [5.74, 6) is 7.88. The Morgan fingerprint density at radius 1 is 1.09 bits per heavy atom. The summed E-state index contributed by atoms with van der Waals surface area (Å²) in [6.45, 7) is 8.44. The number of aryl methyl sites for hydroxylation is 2. The van der Waals surface area contributed by atoms with E-state index >= 15 is 0 Å². The first-order valence-electron chi connectivity index (χ1n) is 7.73. The van der Waals surface area contributed by atoms with E-state index in [9.17, 15) is 0 Å². The van der Waals surface area contributed by atoms with Crippen molar-refractivity contribution in [2.24, 2.45) is 0 Å². The molecule has 0 fully saturated rings. The topological polar surface area (TPSA) is 22.4 Å². The highest BCUT2D eigenvalue weighted by Gasteiger charge is 2.10. The number of ether oxygens (including phenoxy) is 1. The van der Waals surface area contributed by atoms with E-state index in [4.69, 9.17) is 9.15 Å². The number of hydrogen-bond donors (Lipinski definition) is 0. The van der Waals surface area contributed by atoms with Crippen LogP contribution in [0.1, 0.15) is 34.9 Å². The smallest absolute Gasteiger partial charge is 0.140 e. The van der Waals surface area contributed by atoms with Gasteiger partial charge in [0, 0.05) is 16.5 Å². The van der Waals surface area contributed by atoms with Crippen LogP contribution in [0.5, 0.6) is 5.75 Å². The Kier molecular flexibility index (Phi) is 4.12. The Labute approximate surface area is 137 Å². The van der Waals surface area contributed by atoms with E-state index in [-0.39, 0.29) is 0 Å². The van der Waals surface area contributed by atoms with Crippen molar-refractivity contribution in [3.05, 3.63) is 64.4 Å². The molecule has 116 valence electrons. The molecule has 3 rings (SSSR count). The minimum absolute atomic E-state index is 0.465. The van der Waals surface area contributed by atoms with E-state index < -0.39 is 0 Å². The average Bonchev–Trinajstić information content (AvgIpc) is 2.89. The maximum Gasteiger partial charge on any atom is 0.140 e. The van der Waals surface area contributed by atoms with Crippen molar-refractivity contribution in [3.8, 4) is 17.6 Å². The Bertz CT molecular complexity index is 920. The second-order valence-corrected chi connectivity index (χ2v) is 5.77. The van der Waals surface area contributed by atoms with Gasteiger partial charge in [-0.3, -0.25) is 0 Å². The van der Waals surface area contributed by atoms with Gasteiger partial charge in [-0.2, -0.15) is 0 Å². The van der Waals surface area contributed by atoms with Gasteiger partial charge in [0.05, 0.1) is 0 Å². The van der Waals surface area contributed by atoms with Gasteiger partial charge in [0.15, 0.2) is 0 Å². The van der Waals surface area contributed by atoms with Gasteiger partial charge in [-0.25, -0.2) is 0 Å². The van der Waals surface area contributed by atoms with Crippen LogP contribution in [0, 0.1) is 32.6 Å². The van der Waals surface area contributed by atoms with Gasteiger partial charge in [0.1, 0.15) is 23.7 Å². The molecule has 0 spiro atoms. The molecule has 0 aliphatic rings. The summed E-state index contributed by atoms with van der Waals surface area (Å²) in [7, 11) is 0. The Balaban J connectivity index is 1.97. The standard InChI is InChI=1S/C21H20O2/c1-5-7-17-11-18-10-15(3)23-21(18)19(12-17)13-22-20-9-6-8-14(2)16(20)4/h6,8-12H,13H2,1-4H3. The van der Waals surface area contributed by atoms with E-state index in [2.05, 4.69) is 37.8 Å². The highest BCUT2D eigenvalue weighted by molar-refractivity contribution is 5.83. The molecule has 0 bridgehead atoms. The third kappa shape index (κ3) is 3.10. The van der Waals surface area contributed by atoms with Crippen molar-refractivity contribution in [1.82, 2.24) is 0 Å². The van der Waals surface area contributed by atoms with E-state index in [1.54, 1.807) is 0 Å². The lowest BCUT2D eigenvalue weighted by atomic mass is 10.1. The van der Waals surface area contributed by atoms with Crippen molar-refractivity contribution in [2.45, 2.75) is 34.3 Å². The molecule has 0 saturated carbocycles. The van der Waals surface area contributed by atoms with Crippen LogP contribution in [-0.4, -0.2) is 0 Å². The van der Waals surface area contributed by atoms with Gasteiger partial charge in [-0.1, -0.05) is 18.1 Å². The monoisotopic (exact) mass is 304 g/mol. The largest absolute Gasteiger partial charge is 0.488 e. The van der Waals surface area contributed by atoms with E-state index in [1.807, 2.05) is 38.1 Å². The van der Waals surface area contributed by atoms with Gasteiger partial charge in [-0.15, -0.1) is 5.92 Å². The molecule has 2 aromatic carbocycles. The van der Waals surface area contributed by atoms with Crippen molar-refractivity contribution in [3.63, 3.8) is 0 Å². The first-order valence-corrected chi connectivity index (χ1v) is 7.73. The van der Waals surface area contributed by atoms with E-state index in [1.165, 1.54) is 11.1 Å². The zero-order valence-corrected chi connectivity index (χ0v) is 14.0. The molecular weight excluding hydrogens is 284 g/mol. The number of hydrogen-bond acceptors (Lipinski definition) is 2. The summed E-state index contributed by atoms with van der Waals surface area (Å²) in [6, 6.07) is 12.3. The Hall–Kier alpha value is -2.66. The Morgan fingerprint density at radius 2 is 1.91 bits per heavy atom.